The van der Waals surface area contributed by atoms with Gasteiger partial charge in [0.25, 0.3) is 0 Å². The molecule has 14 heteroatoms. The zero-order chi connectivity index (χ0) is 23.5. The van der Waals surface area contributed by atoms with E-state index in [1.807, 2.05) is 0 Å². The summed E-state index contributed by atoms with van der Waals surface area (Å²) in [6, 6.07) is 3.52. The van der Waals surface area contributed by atoms with Crippen LogP contribution in [0, 0.1) is 0 Å². The predicted octanol–water partition coefficient (Wildman–Crippen LogP) is 3.24. The quantitative estimate of drug-likeness (QED) is 0.681. The maximum atomic E-state index is 12.9. The van der Waals surface area contributed by atoms with Crippen molar-refractivity contribution in [2.45, 2.75) is 19.3 Å². The monoisotopic (exact) mass is 464 g/mol. The van der Waals surface area contributed by atoms with Crippen LogP contribution in [-0.4, -0.2) is 64.7 Å². The number of piperazine rings is 1. The van der Waals surface area contributed by atoms with E-state index in [-0.39, 0.29) is 23.5 Å². The molecule has 0 aliphatic carbocycles. The van der Waals surface area contributed by atoms with Gasteiger partial charge in [-0.25, -0.2) is 0 Å². The average molecular weight is 464 g/mol. The molecule has 1 N–H and O–H groups in total. The fraction of sp³-hybridized carbons (Fsp3) is 0.444. The van der Waals surface area contributed by atoms with Gasteiger partial charge >= 0.3 is 18.4 Å². The number of hydrogen-bond donors (Lipinski definition) is 1. The molecule has 0 spiro atoms. The Morgan fingerprint density at radius 1 is 1.06 bits per heavy atom. The molecule has 1 amide bonds. The van der Waals surface area contributed by atoms with Crippen molar-refractivity contribution in [3.63, 3.8) is 0 Å². The molecule has 1 fully saturated rings. The molecule has 0 radical (unpaired) electrons. The number of amides is 1. The molecule has 0 bridgehead atoms. The molecule has 3 rings (SSSR count). The number of aromatic nitrogens is 3. The second kappa shape index (κ2) is 9.04. The van der Waals surface area contributed by atoms with Crippen molar-refractivity contribution in [3.05, 3.63) is 29.8 Å². The highest BCUT2D eigenvalue weighted by Crippen LogP contribution is 2.31. The minimum Gasteiger partial charge on any atom is -0.454 e. The fourth-order valence-electron chi connectivity index (χ4n) is 2.88. The third-order valence-corrected chi connectivity index (χ3v) is 4.42. The number of benzene rings is 1. The van der Waals surface area contributed by atoms with E-state index in [4.69, 9.17) is 0 Å². The molecule has 8 nitrogen and oxygen atoms in total. The van der Waals surface area contributed by atoms with Crippen LogP contribution in [-0.2, 0) is 11.0 Å². The number of anilines is 3. The Kier molecular flexibility index (Phi) is 6.60. The van der Waals surface area contributed by atoms with Crippen molar-refractivity contribution < 1.29 is 35.9 Å². The summed E-state index contributed by atoms with van der Waals surface area (Å²) in [5.41, 5.74) is -0.953. The van der Waals surface area contributed by atoms with Crippen LogP contribution in [0.25, 0.3) is 0 Å². The first-order valence-corrected chi connectivity index (χ1v) is 9.31. The number of nitrogens with one attached hydrogen (secondary N) is 1. The second-order valence-electron chi connectivity index (χ2n) is 6.84. The van der Waals surface area contributed by atoms with Crippen LogP contribution in [0.4, 0.5) is 43.9 Å². The molecule has 2 aromatic rings. The van der Waals surface area contributed by atoms with Gasteiger partial charge in [-0.1, -0.05) is 6.07 Å². The molecular formula is C18H18F6N6O2. The second-order valence-corrected chi connectivity index (χ2v) is 6.84. The van der Waals surface area contributed by atoms with E-state index in [0.717, 1.165) is 18.2 Å². The average Bonchev–Trinajstić information content (AvgIpc) is 2.71. The van der Waals surface area contributed by atoms with E-state index < -0.39 is 30.5 Å². The maximum absolute atomic E-state index is 12.9. The highest BCUT2D eigenvalue weighted by molar-refractivity contribution is 5.73. The summed E-state index contributed by atoms with van der Waals surface area (Å²) < 4.78 is 81.1. The number of halogens is 6. The lowest BCUT2D eigenvalue weighted by Gasteiger charge is -2.34. The van der Waals surface area contributed by atoms with Crippen LogP contribution in [0.1, 0.15) is 12.5 Å². The standard InChI is InChI=1S/C18H18F6N6O2/c1-11(31)29-5-7-30(8-6-29)15-26-14(27-16(28-15)32-10-17(19,20)21)25-13-4-2-3-12(9-13)18(22,23)24/h2-4,9H,5-8,10H2,1H3,(H,25,26,27,28). The Hall–Kier alpha value is -3.32. The number of alkyl halides is 6. The zero-order valence-corrected chi connectivity index (χ0v) is 16.7. The zero-order valence-electron chi connectivity index (χ0n) is 16.7. The topological polar surface area (TPSA) is 83.5 Å². The van der Waals surface area contributed by atoms with E-state index in [1.54, 1.807) is 9.80 Å². The van der Waals surface area contributed by atoms with Crippen LogP contribution in [0.5, 0.6) is 6.01 Å². The maximum Gasteiger partial charge on any atom is 0.422 e. The van der Waals surface area contributed by atoms with Crippen molar-refractivity contribution in [1.82, 2.24) is 19.9 Å². The normalized spacial score (nSPS) is 15.0. The molecular weight excluding hydrogens is 446 g/mol. The predicted molar refractivity (Wildman–Crippen MR) is 101 cm³/mol. The number of carbonyl (C=O) groups is 1. The van der Waals surface area contributed by atoms with E-state index >= 15 is 0 Å². The van der Waals surface area contributed by atoms with Crippen molar-refractivity contribution in [3.8, 4) is 6.01 Å². The lowest BCUT2D eigenvalue weighted by molar-refractivity contribution is -0.154. The lowest BCUT2D eigenvalue weighted by atomic mass is 10.2. The van der Waals surface area contributed by atoms with Gasteiger partial charge in [-0.2, -0.15) is 41.3 Å². The number of carbonyl (C=O) groups excluding carboxylic acids is 1. The SMILES string of the molecule is CC(=O)N1CCN(c2nc(Nc3cccc(C(F)(F)F)c3)nc(OCC(F)(F)F)n2)CC1. The molecule has 2 heterocycles. The first kappa shape index (κ1) is 23.3. The Morgan fingerprint density at radius 2 is 1.75 bits per heavy atom. The van der Waals surface area contributed by atoms with Gasteiger partial charge < -0.3 is 19.9 Å². The highest BCUT2D eigenvalue weighted by Gasteiger charge is 2.31. The third kappa shape index (κ3) is 6.34. The molecule has 1 aromatic heterocycles. The van der Waals surface area contributed by atoms with Crippen LogP contribution < -0.4 is 15.0 Å². The van der Waals surface area contributed by atoms with Gasteiger partial charge in [0, 0.05) is 38.8 Å². The van der Waals surface area contributed by atoms with Crippen molar-refractivity contribution in [2.24, 2.45) is 0 Å². The number of rotatable bonds is 5. The van der Waals surface area contributed by atoms with Crippen LogP contribution >= 0.6 is 0 Å². The smallest absolute Gasteiger partial charge is 0.422 e. The third-order valence-electron chi connectivity index (χ3n) is 4.42. The van der Waals surface area contributed by atoms with E-state index in [0.29, 0.717) is 26.2 Å². The van der Waals surface area contributed by atoms with Crippen LogP contribution in [0.3, 0.4) is 0 Å². The van der Waals surface area contributed by atoms with Crippen molar-refractivity contribution in [1.29, 1.82) is 0 Å². The van der Waals surface area contributed by atoms with Gasteiger partial charge in [0.2, 0.25) is 17.8 Å². The number of hydrogen-bond acceptors (Lipinski definition) is 7. The molecule has 1 aliphatic heterocycles. The Morgan fingerprint density at radius 3 is 2.34 bits per heavy atom. The Balaban J connectivity index is 1.86. The molecule has 32 heavy (non-hydrogen) atoms. The first-order valence-electron chi connectivity index (χ1n) is 9.31. The van der Waals surface area contributed by atoms with Gasteiger partial charge in [0.1, 0.15) is 0 Å². The molecule has 1 aliphatic rings. The molecule has 0 saturated carbocycles. The molecule has 0 atom stereocenters. The van der Waals surface area contributed by atoms with Gasteiger partial charge in [0.05, 0.1) is 5.56 Å². The molecule has 1 saturated heterocycles. The summed E-state index contributed by atoms with van der Waals surface area (Å²) in [7, 11) is 0. The van der Waals surface area contributed by atoms with Gasteiger partial charge in [-0.3, -0.25) is 4.79 Å². The Bertz CT molecular complexity index is 960. The molecule has 1 aromatic carbocycles. The number of ether oxygens (including phenoxy) is 1. The van der Waals surface area contributed by atoms with Gasteiger partial charge in [-0.15, -0.1) is 0 Å². The first-order chi connectivity index (χ1) is 14.9. The molecule has 174 valence electrons. The minimum atomic E-state index is -4.64. The number of nitrogens with zero attached hydrogens (tertiary/aromatic N) is 5. The van der Waals surface area contributed by atoms with Crippen LogP contribution in [0.2, 0.25) is 0 Å². The van der Waals surface area contributed by atoms with Gasteiger partial charge in [-0.05, 0) is 18.2 Å². The van der Waals surface area contributed by atoms with Gasteiger partial charge in [0.15, 0.2) is 6.61 Å². The fourth-order valence-corrected chi connectivity index (χ4v) is 2.88. The summed E-state index contributed by atoms with van der Waals surface area (Å²) in [6.45, 7) is 1.04. The van der Waals surface area contributed by atoms with E-state index in [9.17, 15) is 31.1 Å². The lowest BCUT2D eigenvalue weighted by Crippen LogP contribution is -2.48. The van der Waals surface area contributed by atoms with E-state index in [1.165, 1.54) is 13.0 Å². The summed E-state index contributed by atoms with van der Waals surface area (Å²) in [5.74, 6) is -0.447. The summed E-state index contributed by atoms with van der Waals surface area (Å²) >= 11 is 0. The Labute approximate surface area is 178 Å². The summed E-state index contributed by atoms with van der Waals surface area (Å²) in [5, 5.41) is 2.55. The summed E-state index contributed by atoms with van der Waals surface area (Å²) in [6.07, 6.45) is -9.23. The van der Waals surface area contributed by atoms with Crippen molar-refractivity contribution >= 4 is 23.5 Å². The molecule has 0 unspecified atom stereocenters. The minimum absolute atomic E-state index is 0.0276. The highest BCUT2D eigenvalue weighted by atomic mass is 19.4. The largest absolute Gasteiger partial charge is 0.454 e. The van der Waals surface area contributed by atoms with E-state index in [2.05, 4.69) is 25.0 Å². The summed E-state index contributed by atoms with van der Waals surface area (Å²) in [4.78, 5) is 26.4. The van der Waals surface area contributed by atoms with Crippen LogP contribution in [0.15, 0.2) is 24.3 Å². The van der Waals surface area contributed by atoms with Crippen molar-refractivity contribution in [2.75, 3.05) is 43.0 Å².